The Hall–Kier alpha value is -1.34. The molecular weight excluding hydrogens is 525 g/mol. The predicted molar refractivity (Wildman–Crippen MR) is 153 cm³/mol. The molecule has 0 aromatic heterocycles. The molecule has 0 saturated heterocycles. The summed E-state index contributed by atoms with van der Waals surface area (Å²) in [4.78, 5) is 12.1. The number of benzene rings is 1. The molecule has 1 amide bonds. The van der Waals surface area contributed by atoms with Crippen molar-refractivity contribution >= 4 is 27.5 Å². The zero-order valence-corrected chi connectivity index (χ0v) is 25.1. The van der Waals surface area contributed by atoms with Gasteiger partial charge in [0.25, 0.3) is 5.91 Å². The van der Waals surface area contributed by atoms with Crippen molar-refractivity contribution in [2.24, 2.45) is 23.2 Å². The van der Waals surface area contributed by atoms with Gasteiger partial charge < -0.3 is 4.74 Å². The molecule has 3 fully saturated rings. The average molecular weight is 572 g/mol. The van der Waals surface area contributed by atoms with Crippen LogP contribution in [0, 0.1) is 29.0 Å². The molecule has 5 nitrogen and oxygen atoms in total. The second-order valence-corrected chi connectivity index (χ2v) is 14.1. The van der Waals surface area contributed by atoms with Gasteiger partial charge in [-0.3, -0.25) is 4.79 Å². The summed E-state index contributed by atoms with van der Waals surface area (Å²) in [5.74, 6) is 0.366. The minimum Gasteiger partial charge on any atom is -0.492 e. The summed E-state index contributed by atoms with van der Waals surface area (Å²) in [6, 6.07) is 2.23. The quantitative estimate of drug-likeness (QED) is 0.202. The monoisotopic (exact) mass is 571 g/mol. The van der Waals surface area contributed by atoms with Crippen LogP contribution >= 0.6 is 11.6 Å². The maximum absolute atomic E-state index is 14.7. The van der Waals surface area contributed by atoms with Crippen LogP contribution in [-0.2, 0) is 10.0 Å². The topological polar surface area (TPSA) is 72.5 Å². The van der Waals surface area contributed by atoms with Crippen molar-refractivity contribution in [3.63, 3.8) is 0 Å². The first-order valence-corrected chi connectivity index (χ1v) is 17.0. The Morgan fingerprint density at radius 3 is 2.32 bits per heavy atom. The predicted octanol–water partition coefficient (Wildman–Crippen LogP) is 8.30. The van der Waals surface area contributed by atoms with Gasteiger partial charge in [-0.1, -0.05) is 57.6 Å². The van der Waals surface area contributed by atoms with E-state index in [1.807, 2.05) is 0 Å². The van der Waals surface area contributed by atoms with Gasteiger partial charge in [0, 0.05) is 6.07 Å². The van der Waals surface area contributed by atoms with Gasteiger partial charge in [0.05, 0.1) is 23.4 Å². The lowest BCUT2D eigenvalue weighted by molar-refractivity contribution is -0.00406. The van der Waals surface area contributed by atoms with Crippen LogP contribution in [0.3, 0.4) is 0 Å². The number of hydrogen-bond acceptors (Lipinski definition) is 4. The fraction of sp³-hybridized carbons (Fsp3) is 0.767. The third-order valence-corrected chi connectivity index (χ3v) is 9.93. The van der Waals surface area contributed by atoms with E-state index < -0.39 is 27.3 Å². The number of carbonyl (C=O) groups is 1. The molecule has 2 bridgehead atoms. The normalized spacial score (nSPS) is 22.7. The molecule has 0 aliphatic heterocycles. The van der Waals surface area contributed by atoms with Crippen LogP contribution in [0.4, 0.5) is 4.39 Å². The van der Waals surface area contributed by atoms with E-state index in [1.165, 1.54) is 70.6 Å². The maximum atomic E-state index is 14.7. The lowest BCUT2D eigenvalue weighted by atomic mass is 9.54. The number of amides is 1. The van der Waals surface area contributed by atoms with Crippen LogP contribution in [0.15, 0.2) is 12.1 Å². The second kappa shape index (κ2) is 14.3. The first kappa shape index (κ1) is 31.2. The summed E-state index contributed by atoms with van der Waals surface area (Å²) < 4.78 is 45.2. The van der Waals surface area contributed by atoms with E-state index in [2.05, 4.69) is 13.8 Å². The summed E-state index contributed by atoms with van der Waals surface area (Å²) in [6.07, 6.45) is 20.0. The fourth-order valence-corrected chi connectivity index (χ4v) is 7.44. The van der Waals surface area contributed by atoms with E-state index >= 15 is 0 Å². The Bertz CT molecular complexity index is 1010. The summed E-state index contributed by atoms with van der Waals surface area (Å²) in [5.41, 5.74) is 0.112. The third-order valence-electron chi connectivity index (χ3n) is 9.08. The molecule has 38 heavy (non-hydrogen) atoms. The van der Waals surface area contributed by atoms with Crippen molar-refractivity contribution in [3.05, 3.63) is 28.5 Å². The zero-order valence-electron chi connectivity index (χ0n) is 23.5. The average Bonchev–Trinajstić information content (AvgIpc) is 2.88. The van der Waals surface area contributed by atoms with Gasteiger partial charge in [0.1, 0.15) is 11.6 Å². The first-order chi connectivity index (χ1) is 18.1. The van der Waals surface area contributed by atoms with E-state index in [4.69, 9.17) is 16.3 Å². The van der Waals surface area contributed by atoms with Gasteiger partial charge in [-0.25, -0.2) is 17.5 Å². The van der Waals surface area contributed by atoms with Crippen molar-refractivity contribution in [3.8, 4) is 5.75 Å². The SMILES string of the molecule is CCCCCC(CCC(CCCC)C12CCC(CC1)CC2)COc1cc(F)c(C(=O)NS(C)(=O)=O)cc1Cl. The molecule has 216 valence electrons. The zero-order chi connectivity index (χ0) is 27.8. The van der Waals surface area contributed by atoms with Crippen molar-refractivity contribution in [1.82, 2.24) is 4.72 Å². The third kappa shape index (κ3) is 8.84. The van der Waals surface area contributed by atoms with Crippen molar-refractivity contribution < 1.29 is 22.3 Å². The van der Waals surface area contributed by atoms with Gasteiger partial charge in [0.15, 0.2) is 0 Å². The van der Waals surface area contributed by atoms with Gasteiger partial charge in [-0.05, 0) is 93.4 Å². The van der Waals surface area contributed by atoms with Crippen molar-refractivity contribution in [2.45, 2.75) is 110 Å². The van der Waals surface area contributed by atoms with Crippen LogP contribution in [-0.4, -0.2) is 27.2 Å². The standard InChI is InChI=1S/C30H47ClFNO4S/c1-4-6-8-9-23(11-12-24(10-7-5-2)30-16-13-22(14-17-30)15-18-30)21-37-28-20-27(32)25(19-26(28)31)29(34)33-38(3,35)36/h19-20,22-24H,4-18,21H2,1-3H3,(H,33,34). The first-order valence-electron chi connectivity index (χ1n) is 14.7. The number of ether oxygens (including phenoxy) is 1. The molecule has 3 saturated carbocycles. The molecule has 1 aromatic rings. The Kier molecular flexibility index (Phi) is 11.8. The molecule has 4 rings (SSSR count). The minimum absolute atomic E-state index is 0.0936. The van der Waals surface area contributed by atoms with E-state index in [0.717, 1.165) is 55.9 Å². The van der Waals surface area contributed by atoms with Crippen LogP contribution in [0.5, 0.6) is 5.75 Å². The van der Waals surface area contributed by atoms with Gasteiger partial charge in [-0.2, -0.15) is 0 Å². The summed E-state index contributed by atoms with van der Waals surface area (Å²) in [6.45, 7) is 4.94. The largest absolute Gasteiger partial charge is 0.492 e. The molecule has 0 radical (unpaired) electrons. The maximum Gasteiger partial charge on any atom is 0.267 e. The molecule has 1 aromatic carbocycles. The molecular formula is C30H47ClFNO4S. The van der Waals surface area contributed by atoms with E-state index in [-0.39, 0.29) is 10.8 Å². The van der Waals surface area contributed by atoms with Crippen LogP contribution < -0.4 is 9.46 Å². The van der Waals surface area contributed by atoms with E-state index in [0.29, 0.717) is 17.9 Å². The van der Waals surface area contributed by atoms with Gasteiger partial charge >= 0.3 is 0 Å². The summed E-state index contributed by atoms with van der Waals surface area (Å²) in [5, 5.41) is 0.0936. The minimum atomic E-state index is -3.82. The summed E-state index contributed by atoms with van der Waals surface area (Å²) in [7, 11) is -3.82. The molecule has 0 spiro atoms. The number of nitrogens with one attached hydrogen (secondary N) is 1. The Morgan fingerprint density at radius 2 is 1.71 bits per heavy atom. The van der Waals surface area contributed by atoms with Crippen LogP contribution in [0.1, 0.15) is 121 Å². The van der Waals surface area contributed by atoms with Crippen molar-refractivity contribution in [1.29, 1.82) is 0 Å². The fourth-order valence-electron chi connectivity index (χ4n) is 6.78. The Balaban J connectivity index is 1.67. The highest BCUT2D eigenvalue weighted by molar-refractivity contribution is 7.89. The summed E-state index contributed by atoms with van der Waals surface area (Å²) >= 11 is 6.33. The molecule has 3 aliphatic carbocycles. The molecule has 3 aliphatic rings. The number of unbranched alkanes of at least 4 members (excludes halogenated alkanes) is 3. The van der Waals surface area contributed by atoms with E-state index in [1.54, 1.807) is 4.72 Å². The van der Waals surface area contributed by atoms with Crippen LogP contribution in [0.2, 0.25) is 5.02 Å². The van der Waals surface area contributed by atoms with Gasteiger partial charge in [0.2, 0.25) is 10.0 Å². The smallest absolute Gasteiger partial charge is 0.267 e. The van der Waals surface area contributed by atoms with E-state index in [9.17, 15) is 17.6 Å². The highest BCUT2D eigenvalue weighted by atomic mass is 35.5. The number of hydrogen-bond donors (Lipinski definition) is 1. The van der Waals surface area contributed by atoms with Gasteiger partial charge in [-0.15, -0.1) is 0 Å². The highest BCUT2D eigenvalue weighted by Crippen LogP contribution is 2.56. The molecule has 0 heterocycles. The van der Waals surface area contributed by atoms with Crippen molar-refractivity contribution in [2.75, 3.05) is 12.9 Å². The molecule has 1 N–H and O–H groups in total. The lowest BCUT2D eigenvalue weighted by Gasteiger charge is -2.51. The van der Waals surface area contributed by atoms with Crippen LogP contribution in [0.25, 0.3) is 0 Å². The second-order valence-electron chi connectivity index (χ2n) is 11.9. The molecule has 8 heteroatoms. The molecule has 2 unspecified atom stereocenters. The number of sulfonamides is 1. The number of fused-ring (bicyclic) bond motifs is 3. The number of carbonyl (C=O) groups excluding carboxylic acids is 1. The Morgan fingerprint density at radius 1 is 1.05 bits per heavy atom. The Labute approximate surface area is 234 Å². The molecule has 2 atom stereocenters. The number of halogens is 2. The lowest BCUT2D eigenvalue weighted by Crippen LogP contribution is -2.40. The number of rotatable bonds is 16. The highest BCUT2D eigenvalue weighted by Gasteiger charge is 2.44.